The highest BCUT2D eigenvalue weighted by Crippen LogP contribution is 2.36. The lowest BCUT2D eigenvalue weighted by molar-refractivity contribution is 0.132. The fraction of sp³-hybridized carbons (Fsp3) is 0.100. The summed E-state index contributed by atoms with van der Waals surface area (Å²) in [4.78, 5) is 23.8. The fourth-order valence-electron chi connectivity index (χ4n) is 2.80. The normalized spacial score (nSPS) is 18.2. The smallest absolute Gasteiger partial charge is 0.408 e. The van der Waals surface area contributed by atoms with Crippen molar-refractivity contribution in [3.8, 4) is 11.8 Å². The highest BCUT2D eigenvalue weighted by molar-refractivity contribution is 5.71. The number of amides is 1. The molecule has 4 rings (SSSR count). The molecule has 27 heavy (non-hydrogen) atoms. The Morgan fingerprint density at radius 2 is 1.70 bits per heavy atom. The van der Waals surface area contributed by atoms with Gasteiger partial charge in [-0.25, -0.2) is 9.18 Å². The van der Waals surface area contributed by atoms with E-state index in [1.807, 2.05) is 12.1 Å². The number of aromatic nitrogens is 3. The lowest BCUT2D eigenvalue weighted by Crippen LogP contribution is -2.19. The molecule has 0 aromatic carbocycles. The van der Waals surface area contributed by atoms with Crippen LogP contribution < -0.4 is 5.32 Å². The van der Waals surface area contributed by atoms with Crippen LogP contribution >= 0.6 is 0 Å². The fourth-order valence-corrected chi connectivity index (χ4v) is 2.80. The van der Waals surface area contributed by atoms with Crippen molar-refractivity contribution in [1.29, 1.82) is 0 Å². The highest BCUT2D eigenvalue weighted by atomic mass is 19.1. The van der Waals surface area contributed by atoms with Crippen molar-refractivity contribution in [2.24, 2.45) is 0 Å². The van der Waals surface area contributed by atoms with Gasteiger partial charge in [0.05, 0.1) is 6.20 Å². The second kappa shape index (κ2) is 7.22. The van der Waals surface area contributed by atoms with E-state index in [4.69, 9.17) is 4.74 Å². The number of carbonyl (C=O) groups excluding carboxylic acids is 1. The van der Waals surface area contributed by atoms with Crippen molar-refractivity contribution >= 4 is 6.09 Å². The monoisotopic (exact) mass is 360 g/mol. The van der Waals surface area contributed by atoms with Gasteiger partial charge in [0.2, 0.25) is 0 Å². The van der Waals surface area contributed by atoms with Gasteiger partial charge in [-0.1, -0.05) is 17.9 Å². The first-order chi connectivity index (χ1) is 13.2. The van der Waals surface area contributed by atoms with Gasteiger partial charge in [0.15, 0.2) is 6.10 Å². The van der Waals surface area contributed by atoms with E-state index >= 15 is 0 Å². The molecule has 1 aliphatic heterocycles. The minimum atomic E-state index is -0.511. The van der Waals surface area contributed by atoms with Gasteiger partial charge in [0, 0.05) is 47.7 Å². The number of carbonyl (C=O) groups is 1. The molecule has 3 aromatic heterocycles. The predicted molar refractivity (Wildman–Crippen MR) is 93.7 cm³/mol. The van der Waals surface area contributed by atoms with Gasteiger partial charge in [-0.15, -0.1) is 0 Å². The topological polar surface area (TPSA) is 77.0 Å². The summed E-state index contributed by atoms with van der Waals surface area (Å²) in [6, 6.07) is 6.34. The zero-order chi connectivity index (χ0) is 18.6. The van der Waals surface area contributed by atoms with E-state index in [1.165, 1.54) is 12.3 Å². The minimum Gasteiger partial charge on any atom is -0.439 e. The van der Waals surface area contributed by atoms with E-state index in [1.54, 1.807) is 30.9 Å². The highest BCUT2D eigenvalue weighted by Gasteiger charge is 2.36. The van der Waals surface area contributed by atoms with Crippen LogP contribution in [0.5, 0.6) is 0 Å². The molecule has 7 heteroatoms. The summed E-state index contributed by atoms with van der Waals surface area (Å²) in [5.74, 6) is 5.34. The zero-order valence-electron chi connectivity index (χ0n) is 14.0. The van der Waals surface area contributed by atoms with E-state index in [-0.39, 0.29) is 0 Å². The maximum atomic E-state index is 13.2. The number of halogens is 1. The van der Waals surface area contributed by atoms with Crippen molar-refractivity contribution < 1.29 is 13.9 Å². The van der Waals surface area contributed by atoms with Crippen molar-refractivity contribution in [3.05, 3.63) is 89.5 Å². The number of alkyl carbamates (subject to hydrolysis) is 1. The number of ether oxygens (including phenoxy) is 1. The van der Waals surface area contributed by atoms with E-state index in [0.29, 0.717) is 11.1 Å². The molecule has 0 bridgehead atoms. The largest absolute Gasteiger partial charge is 0.439 e. The lowest BCUT2D eigenvalue weighted by Gasteiger charge is -2.17. The summed E-state index contributed by atoms with van der Waals surface area (Å²) in [7, 11) is 0. The van der Waals surface area contributed by atoms with E-state index in [0.717, 1.165) is 17.3 Å². The van der Waals surface area contributed by atoms with Crippen LogP contribution in [-0.2, 0) is 4.74 Å². The van der Waals surface area contributed by atoms with E-state index in [2.05, 4.69) is 32.1 Å². The second-order valence-corrected chi connectivity index (χ2v) is 5.88. The zero-order valence-corrected chi connectivity index (χ0v) is 14.0. The van der Waals surface area contributed by atoms with Crippen molar-refractivity contribution in [2.75, 3.05) is 0 Å². The Kier molecular flexibility index (Phi) is 4.45. The third kappa shape index (κ3) is 3.75. The molecule has 0 radical (unpaired) electrons. The molecule has 3 aromatic rings. The quantitative estimate of drug-likeness (QED) is 0.711. The standard InChI is InChI=1S/C20H13FN4O2/c21-17-7-14(9-24-12-17)4-3-13-6-16(11-23-8-13)18-19(27-20(26)25-18)15-2-1-5-22-10-15/h1-2,5-12,18-19H,(H,25,26)/t18-,19-/m1/s1. The number of cyclic esters (lactones) is 1. The number of nitrogens with zero attached hydrogens (tertiary/aromatic N) is 3. The predicted octanol–water partition coefficient (Wildman–Crippen LogP) is 2.93. The summed E-state index contributed by atoms with van der Waals surface area (Å²) < 4.78 is 18.6. The van der Waals surface area contributed by atoms with Gasteiger partial charge in [-0.2, -0.15) is 0 Å². The molecule has 1 saturated heterocycles. The van der Waals surface area contributed by atoms with Gasteiger partial charge in [0.1, 0.15) is 11.9 Å². The molecular weight excluding hydrogens is 347 g/mol. The first-order valence-corrected chi connectivity index (χ1v) is 8.13. The molecular formula is C20H13FN4O2. The van der Waals surface area contributed by atoms with Gasteiger partial charge < -0.3 is 10.1 Å². The van der Waals surface area contributed by atoms with E-state index < -0.39 is 24.1 Å². The summed E-state index contributed by atoms with van der Waals surface area (Å²) >= 11 is 0. The molecule has 4 heterocycles. The van der Waals surface area contributed by atoms with Crippen LogP contribution in [0, 0.1) is 17.7 Å². The van der Waals surface area contributed by atoms with Crippen LogP contribution in [0.2, 0.25) is 0 Å². The van der Waals surface area contributed by atoms with Gasteiger partial charge in [-0.05, 0) is 23.8 Å². The summed E-state index contributed by atoms with van der Waals surface area (Å²) in [6.45, 7) is 0. The first-order valence-electron chi connectivity index (χ1n) is 8.13. The Labute approximate surface area is 154 Å². The molecule has 1 fully saturated rings. The minimum absolute atomic E-state index is 0.410. The molecule has 2 atom stereocenters. The summed E-state index contributed by atoms with van der Waals surface area (Å²) in [5, 5.41) is 2.79. The Balaban J connectivity index is 1.63. The van der Waals surface area contributed by atoms with E-state index in [9.17, 15) is 9.18 Å². The molecule has 0 spiro atoms. The van der Waals surface area contributed by atoms with Crippen LogP contribution in [0.1, 0.15) is 34.4 Å². The van der Waals surface area contributed by atoms with Crippen LogP contribution in [0.15, 0.2) is 61.4 Å². The maximum absolute atomic E-state index is 13.2. The average Bonchev–Trinajstić information content (AvgIpc) is 3.09. The van der Waals surface area contributed by atoms with Crippen molar-refractivity contribution in [1.82, 2.24) is 20.3 Å². The van der Waals surface area contributed by atoms with Crippen LogP contribution in [-0.4, -0.2) is 21.0 Å². The Morgan fingerprint density at radius 3 is 2.44 bits per heavy atom. The number of nitrogens with one attached hydrogen (secondary N) is 1. The van der Waals surface area contributed by atoms with Gasteiger partial charge in [0.25, 0.3) is 0 Å². The maximum Gasteiger partial charge on any atom is 0.408 e. The Hall–Kier alpha value is -3.79. The van der Waals surface area contributed by atoms with Crippen molar-refractivity contribution in [3.63, 3.8) is 0 Å². The molecule has 6 nitrogen and oxygen atoms in total. The Bertz CT molecular complexity index is 1050. The number of pyridine rings is 3. The molecule has 0 aliphatic carbocycles. The summed E-state index contributed by atoms with van der Waals surface area (Å²) in [5.41, 5.74) is 2.62. The van der Waals surface area contributed by atoms with Crippen LogP contribution in [0.4, 0.5) is 9.18 Å². The molecule has 0 saturated carbocycles. The third-order valence-electron chi connectivity index (χ3n) is 4.00. The third-order valence-corrected chi connectivity index (χ3v) is 4.00. The molecule has 0 unspecified atom stereocenters. The van der Waals surface area contributed by atoms with Gasteiger partial charge >= 0.3 is 6.09 Å². The van der Waals surface area contributed by atoms with Crippen molar-refractivity contribution in [2.45, 2.75) is 12.1 Å². The summed E-state index contributed by atoms with van der Waals surface area (Å²) in [6.07, 6.45) is 8.15. The molecule has 1 N–H and O–H groups in total. The number of hydrogen-bond acceptors (Lipinski definition) is 5. The van der Waals surface area contributed by atoms with Crippen LogP contribution in [0.25, 0.3) is 0 Å². The number of rotatable bonds is 2. The van der Waals surface area contributed by atoms with Crippen LogP contribution in [0.3, 0.4) is 0 Å². The SMILES string of the molecule is O=C1N[C@H](c2cncc(C#Cc3cncc(F)c3)c2)[C@@H](c2cccnc2)O1. The second-order valence-electron chi connectivity index (χ2n) is 5.88. The average molecular weight is 360 g/mol. The first kappa shape index (κ1) is 16.7. The number of hydrogen-bond donors (Lipinski definition) is 1. The molecule has 132 valence electrons. The van der Waals surface area contributed by atoms with Gasteiger partial charge in [-0.3, -0.25) is 15.0 Å². The lowest BCUT2D eigenvalue weighted by atomic mass is 9.98. The Morgan fingerprint density at radius 1 is 0.963 bits per heavy atom. The molecule has 1 amide bonds. The molecule has 1 aliphatic rings.